The largest absolute Gasteiger partial charge is 0.475 e. The smallest absolute Gasteiger partial charge is 0.264 e. The summed E-state index contributed by atoms with van der Waals surface area (Å²) in [6, 6.07) is 14.3. The van der Waals surface area contributed by atoms with Gasteiger partial charge in [0.1, 0.15) is 6.61 Å². The lowest BCUT2D eigenvalue weighted by atomic mass is 9.83. The first kappa shape index (κ1) is 36.3. The van der Waals surface area contributed by atoms with Crippen LogP contribution in [0.2, 0.25) is 0 Å². The van der Waals surface area contributed by atoms with Crippen LogP contribution in [0.3, 0.4) is 0 Å². The van der Waals surface area contributed by atoms with Gasteiger partial charge in [0.15, 0.2) is 0 Å². The zero-order valence-corrected chi connectivity index (χ0v) is 31.4. The number of carbonyl (C=O) groups is 1. The van der Waals surface area contributed by atoms with E-state index >= 15 is 0 Å². The quantitative estimate of drug-likeness (QED) is 0.307. The molecule has 2 fully saturated rings. The number of nitrogens with zero attached hydrogens (tertiary/aromatic N) is 4. The van der Waals surface area contributed by atoms with Gasteiger partial charge >= 0.3 is 0 Å². The molecule has 1 saturated carbocycles. The molecule has 6 rings (SSSR count). The number of anilines is 1. The van der Waals surface area contributed by atoms with Gasteiger partial charge in [-0.25, -0.2) is 18.1 Å². The van der Waals surface area contributed by atoms with Gasteiger partial charge in [0.25, 0.3) is 15.9 Å². The molecule has 1 aliphatic carbocycles. The van der Waals surface area contributed by atoms with Gasteiger partial charge in [-0.1, -0.05) is 45.0 Å². The summed E-state index contributed by atoms with van der Waals surface area (Å²) in [6.07, 6.45) is 5.35. The number of nitrogens with one attached hydrogen (secondary N) is 1. The van der Waals surface area contributed by atoms with Gasteiger partial charge in [-0.05, 0) is 100 Å². The molecule has 0 unspecified atom stereocenters. The summed E-state index contributed by atoms with van der Waals surface area (Å²) >= 11 is 0. The van der Waals surface area contributed by atoms with E-state index in [-0.39, 0.29) is 52.9 Å². The van der Waals surface area contributed by atoms with Crippen LogP contribution in [0.25, 0.3) is 11.3 Å². The van der Waals surface area contributed by atoms with Crippen LogP contribution >= 0.6 is 0 Å². The van der Waals surface area contributed by atoms with Crippen LogP contribution < -0.4 is 9.46 Å². The Morgan fingerprint density at radius 3 is 2.24 bits per heavy atom. The molecule has 1 N–H and O–H groups in total. The molecule has 10 nitrogen and oxygen atoms in total. The number of hydrogen-bond donors (Lipinski definition) is 1. The number of hydrogen-bond acceptors (Lipinski definition) is 8. The van der Waals surface area contributed by atoms with Gasteiger partial charge in [0.2, 0.25) is 11.8 Å². The Bertz CT molecular complexity index is 1770. The second kappa shape index (κ2) is 14.6. The molecule has 2 aliphatic heterocycles. The van der Waals surface area contributed by atoms with E-state index in [0.717, 1.165) is 55.5 Å². The fourth-order valence-electron chi connectivity index (χ4n) is 8.06. The van der Waals surface area contributed by atoms with Crippen molar-refractivity contribution in [1.82, 2.24) is 19.8 Å². The summed E-state index contributed by atoms with van der Waals surface area (Å²) in [6.45, 7) is 17.5. The minimum absolute atomic E-state index is 0.0204. The number of amides is 1. The van der Waals surface area contributed by atoms with Crippen molar-refractivity contribution >= 4 is 21.9 Å². The van der Waals surface area contributed by atoms with Crippen LogP contribution in [0.5, 0.6) is 5.88 Å². The van der Waals surface area contributed by atoms with Crippen LogP contribution in [-0.2, 0) is 14.8 Å². The first-order chi connectivity index (χ1) is 23.6. The van der Waals surface area contributed by atoms with Gasteiger partial charge < -0.3 is 14.4 Å². The molecule has 270 valence electrons. The van der Waals surface area contributed by atoms with E-state index in [1.165, 1.54) is 12.1 Å². The summed E-state index contributed by atoms with van der Waals surface area (Å²) in [4.78, 5) is 28.3. The molecule has 3 heterocycles. The van der Waals surface area contributed by atoms with Crippen LogP contribution in [-0.4, -0.2) is 84.6 Å². The number of sulfonamides is 1. The van der Waals surface area contributed by atoms with E-state index < -0.39 is 10.0 Å². The molecule has 11 heteroatoms. The average Bonchev–Trinajstić information content (AvgIpc) is 3.04. The van der Waals surface area contributed by atoms with Crippen LogP contribution in [0.1, 0.15) is 88.2 Å². The Balaban J connectivity index is 1.35. The fraction of sp³-hybridized carbons (Fsp3) is 0.564. The summed E-state index contributed by atoms with van der Waals surface area (Å²) in [5.41, 5.74) is 3.68. The Morgan fingerprint density at radius 2 is 1.58 bits per heavy atom. The van der Waals surface area contributed by atoms with Crippen molar-refractivity contribution in [3.8, 4) is 17.1 Å². The number of rotatable bonds is 5. The molecule has 50 heavy (non-hydrogen) atoms. The van der Waals surface area contributed by atoms with Gasteiger partial charge in [0, 0.05) is 42.9 Å². The number of aromatic nitrogens is 2. The normalized spacial score (nSPS) is 26.2. The van der Waals surface area contributed by atoms with Crippen molar-refractivity contribution in [2.45, 2.75) is 110 Å². The number of morpholine rings is 1. The van der Waals surface area contributed by atoms with E-state index in [1.54, 1.807) is 18.2 Å². The van der Waals surface area contributed by atoms with E-state index in [1.807, 2.05) is 36.9 Å². The van der Waals surface area contributed by atoms with E-state index in [9.17, 15) is 13.2 Å². The molecule has 0 spiro atoms. The standard InChI is InChI=1S/C39H53N5O5S/c1-25-10-8-11-26(2)36(25)34-19-35-41-38(40-34)42-50(46,47)33-13-9-12-30(18-33)37(45)44(32(24-48-35)20-39(5,6)7)23-29-14-16-31(17-15-29)43-21-27(3)49-28(4)22-43/h8-13,18-19,27-29,31-32H,14-17,20-24H2,1-7H3,(H,40,41,42)/t27-,28+,29?,31?,32-/m1/s1. The molecule has 3 atom stereocenters. The minimum Gasteiger partial charge on any atom is -0.475 e. The Kier molecular flexibility index (Phi) is 10.6. The van der Waals surface area contributed by atoms with Gasteiger partial charge in [0.05, 0.1) is 28.8 Å². The Labute approximate surface area is 298 Å². The molecular weight excluding hydrogens is 651 g/mol. The third-order valence-corrected chi connectivity index (χ3v) is 11.6. The Morgan fingerprint density at radius 1 is 0.920 bits per heavy atom. The maximum Gasteiger partial charge on any atom is 0.264 e. The van der Waals surface area contributed by atoms with E-state index in [4.69, 9.17) is 9.47 Å². The molecule has 0 radical (unpaired) electrons. The summed E-state index contributed by atoms with van der Waals surface area (Å²) in [5.74, 6) is 0.300. The van der Waals surface area contributed by atoms with E-state index in [0.29, 0.717) is 36.2 Å². The lowest BCUT2D eigenvalue weighted by molar-refractivity contribution is -0.0857. The summed E-state index contributed by atoms with van der Waals surface area (Å²) in [5, 5.41) is 0. The summed E-state index contributed by atoms with van der Waals surface area (Å²) in [7, 11) is -4.13. The maximum atomic E-state index is 14.6. The number of aryl methyl sites for hydroxylation is 2. The lowest BCUT2D eigenvalue weighted by Gasteiger charge is -2.44. The second-order valence-corrected chi connectivity index (χ2v) is 17.6. The maximum absolute atomic E-state index is 14.6. The highest BCUT2D eigenvalue weighted by atomic mass is 32.2. The SMILES string of the molecule is Cc1cccc(C)c1-c1cc2nc(n1)NS(=O)(=O)c1cccc(c1)C(=O)N(CC1CCC(N3C[C@@H](C)O[C@@H](C)C3)CC1)[C@H](CC(C)(C)C)CO2. The first-order valence-electron chi connectivity index (χ1n) is 18.1. The van der Waals surface area contributed by atoms with Crippen molar-refractivity contribution in [2.75, 3.05) is 31.0 Å². The number of benzene rings is 2. The fourth-order valence-corrected chi connectivity index (χ4v) is 9.05. The number of ether oxygens (including phenoxy) is 2. The van der Waals surface area contributed by atoms with Gasteiger partial charge in [-0.2, -0.15) is 4.98 Å². The highest BCUT2D eigenvalue weighted by Crippen LogP contribution is 2.34. The highest BCUT2D eigenvalue weighted by molar-refractivity contribution is 7.92. The second-order valence-electron chi connectivity index (χ2n) is 15.9. The molecule has 1 amide bonds. The topological polar surface area (TPSA) is 114 Å². The van der Waals surface area contributed by atoms with Crippen molar-refractivity contribution in [2.24, 2.45) is 11.3 Å². The predicted octanol–water partition coefficient (Wildman–Crippen LogP) is 6.87. The van der Waals surface area contributed by atoms with Crippen molar-refractivity contribution in [3.63, 3.8) is 0 Å². The molecule has 1 saturated heterocycles. The predicted molar refractivity (Wildman–Crippen MR) is 196 cm³/mol. The van der Waals surface area contributed by atoms with Crippen molar-refractivity contribution in [3.05, 3.63) is 65.2 Å². The minimum atomic E-state index is -4.13. The van der Waals surface area contributed by atoms with Crippen molar-refractivity contribution in [1.29, 1.82) is 0 Å². The van der Waals surface area contributed by atoms with Gasteiger partial charge in [-0.15, -0.1) is 0 Å². The molecule has 2 aromatic carbocycles. The van der Waals surface area contributed by atoms with Gasteiger partial charge in [-0.3, -0.25) is 9.69 Å². The number of carbonyl (C=O) groups excluding carboxylic acids is 1. The third kappa shape index (κ3) is 8.49. The molecule has 1 aromatic heterocycles. The van der Waals surface area contributed by atoms with Crippen LogP contribution in [0.15, 0.2) is 53.4 Å². The van der Waals surface area contributed by atoms with Crippen molar-refractivity contribution < 1.29 is 22.7 Å². The summed E-state index contributed by atoms with van der Waals surface area (Å²) < 4.78 is 42.5. The molecule has 3 aromatic rings. The highest BCUT2D eigenvalue weighted by Gasteiger charge is 2.36. The molecule has 3 aliphatic rings. The Hall–Kier alpha value is -3.54. The first-order valence-corrected chi connectivity index (χ1v) is 19.6. The number of fused-ring (bicyclic) bond motifs is 4. The van der Waals surface area contributed by atoms with E-state index in [2.05, 4.69) is 54.2 Å². The lowest BCUT2D eigenvalue weighted by Crippen LogP contribution is -2.52. The molecular formula is C39H53N5O5S. The van der Waals surface area contributed by atoms with Crippen LogP contribution in [0.4, 0.5) is 5.95 Å². The van der Waals surface area contributed by atoms with Crippen LogP contribution in [0, 0.1) is 25.2 Å². The average molecular weight is 704 g/mol. The zero-order chi connectivity index (χ0) is 35.8. The third-order valence-electron chi connectivity index (χ3n) is 10.3. The zero-order valence-electron chi connectivity index (χ0n) is 30.6. The molecule has 4 bridgehead atoms. The monoisotopic (exact) mass is 703 g/mol.